The normalized spacial score (nSPS) is 14.0. The fourth-order valence-electron chi connectivity index (χ4n) is 1.63. The fourth-order valence-corrected chi connectivity index (χ4v) is 1.63. The summed E-state index contributed by atoms with van der Waals surface area (Å²) in [6.07, 6.45) is 3.27. The van der Waals surface area contributed by atoms with Gasteiger partial charge in [0.15, 0.2) is 11.5 Å². The van der Waals surface area contributed by atoms with Gasteiger partial charge in [-0.15, -0.1) is 5.10 Å². The second-order valence-electron chi connectivity index (χ2n) is 4.60. The van der Waals surface area contributed by atoms with Gasteiger partial charge in [0.1, 0.15) is 0 Å². The number of nitrogens with zero attached hydrogens (tertiary/aromatic N) is 2. The molecule has 7 heteroatoms. The van der Waals surface area contributed by atoms with Crippen LogP contribution in [0, 0.1) is 5.92 Å². The molecule has 112 valence electrons. The summed E-state index contributed by atoms with van der Waals surface area (Å²) in [4.78, 5) is 11.7. The summed E-state index contributed by atoms with van der Waals surface area (Å²) in [7, 11) is 0. The van der Waals surface area contributed by atoms with Crippen molar-refractivity contribution in [3.63, 3.8) is 0 Å². The first-order valence-corrected chi connectivity index (χ1v) is 6.70. The number of benzene rings is 1. The van der Waals surface area contributed by atoms with Crippen LogP contribution in [0.1, 0.15) is 25.3 Å². The Morgan fingerprint density at radius 1 is 1.38 bits per heavy atom. The van der Waals surface area contributed by atoms with Gasteiger partial charge in [-0.1, -0.05) is 0 Å². The maximum absolute atomic E-state index is 11.7. The van der Waals surface area contributed by atoms with Gasteiger partial charge >= 0.3 is 5.97 Å². The van der Waals surface area contributed by atoms with E-state index in [1.165, 1.54) is 6.21 Å². The van der Waals surface area contributed by atoms with Crippen LogP contribution in [0.4, 0.5) is 0 Å². The van der Waals surface area contributed by atoms with Crippen molar-refractivity contribution in [2.24, 2.45) is 27.6 Å². The average Bonchev–Trinajstić information content (AvgIpc) is 3.26. The molecule has 1 fully saturated rings. The minimum Gasteiger partial charge on any atom is -0.490 e. The van der Waals surface area contributed by atoms with Gasteiger partial charge in [-0.05, 0) is 43.5 Å². The van der Waals surface area contributed by atoms with E-state index >= 15 is 0 Å². The Balaban J connectivity index is 2.15. The lowest BCUT2D eigenvalue weighted by molar-refractivity contribution is -0.135. The Morgan fingerprint density at radius 2 is 2.14 bits per heavy atom. The maximum Gasteiger partial charge on any atom is 0.314 e. The minimum atomic E-state index is -0.210. The van der Waals surface area contributed by atoms with Crippen LogP contribution in [0.5, 0.6) is 11.5 Å². The highest BCUT2D eigenvalue weighted by atomic mass is 16.6. The minimum absolute atomic E-state index is 0.0302. The van der Waals surface area contributed by atoms with Crippen LogP contribution in [-0.2, 0) is 4.79 Å². The lowest BCUT2D eigenvalue weighted by Crippen LogP contribution is -2.21. The first kappa shape index (κ1) is 14.8. The standard InChI is InChI=1S/C14H18N4O3/c1-2-20-12-7-9(8-17-18-14(15)16)3-6-11(12)21-13(19)10-4-5-10/h3,6-8,10H,2,4-5H2,1H3,(H4,15,16,18). The Labute approximate surface area is 122 Å². The summed E-state index contributed by atoms with van der Waals surface area (Å²) in [5.74, 6) is 0.597. The van der Waals surface area contributed by atoms with Crippen LogP contribution in [0.15, 0.2) is 28.4 Å². The van der Waals surface area contributed by atoms with E-state index in [4.69, 9.17) is 20.9 Å². The maximum atomic E-state index is 11.7. The summed E-state index contributed by atoms with van der Waals surface area (Å²) in [6, 6.07) is 5.12. The van der Waals surface area contributed by atoms with Gasteiger partial charge in [-0.2, -0.15) is 5.10 Å². The largest absolute Gasteiger partial charge is 0.490 e. The predicted molar refractivity (Wildman–Crippen MR) is 79.4 cm³/mol. The van der Waals surface area contributed by atoms with Crippen molar-refractivity contribution in [3.8, 4) is 11.5 Å². The zero-order valence-corrected chi connectivity index (χ0v) is 11.8. The van der Waals surface area contributed by atoms with E-state index in [2.05, 4.69) is 10.2 Å². The van der Waals surface area contributed by atoms with Crippen LogP contribution >= 0.6 is 0 Å². The lowest BCUT2D eigenvalue weighted by Gasteiger charge is -2.10. The summed E-state index contributed by atoms with van der Waals surface area (Å²) < 4.78 is 10.8. The summed E-state index contributed by atoms with van der Waals surface area (Å²) in [5.41, 5.74) is 11.1. The topological polar surface area (TPSA) is 112 Å². The van der Waals surface area contributed by atoms with Crippen molar-refractivity contribution in [1.29, 1.82) is 0 Å². The van der Waals surface area contributed by atoms with Crippen LogP contribution in [0.25, 0.3) is 0 Å². The van der Waals surface area contributed by atoms with E-state index in [0.717, 1.165) is 18.4 Å². The molecule has 0 heterocycles. The molecule has 1 aromatic rings. The molecule has 0 bridgehead atoms. The zero-order valence-electron chi connectivity index (χ0n) is 11.8. The Bertz CT molecular complexity index is 576. The molecule has 1 aromatic carbocycles. The molecule has 0 unspecified atom stereocenters. The molecule has 21 heavy (non-hydrogen) atoms. The highest BCUT2D eigenvalue weighted by molar-refractivity contribution is 5.83. The van der Waals surface area contributed by atoms with Crippen LogP contribution in [0.2, 0.25) is 0 Å². The molecule has 4 N–H and O–H groups in total. The fraction of sp³-hybridized carbons (Fsp3) is 0.357. The van der Waals surface area contributed by atoms with Crippen molar-refractivity contribution in [2.75, 3.05) is 6.61 Å². The number of carbonyl (C=O) groups excluding carboxylic acids is 1. The number of esters is 1. The summed E-state index contributed by atoms with van der Waals surface area (Å²) in [5, 5.41) is 7.23. The van der Waals surface area contributed by atoms with E-state index in [9.17, 15) is 4.79 Å². The number of hydrogen-bond donors (Lipinski definition) is 2. The molecule has 0 aromatic heterocycles. The number of ether oxygens (including phenoxy) is 2. The van der Waals surface area contributed by atoms with Crippen molar-refractivity contribution in [1.82, 2.24) is 0 Å². The van der Waals surface area contributed by atoms with Gasteiger partial charge in [0.2, 0.25) is 5.96 Å². The van der Waals surface area contributed by atoms with Crippen LogP contribution in [-0.4, -0.2) is 24.8 Å². The van der Waals surface area contributed by atoms with Crippen molar-refractivity contribution >= 4 is 18.1 Å². The van der Waals surface area contributed by atoms with Crippen LogP contribution in [0.3, 0.4) is 0 Å². The lowest BCUT2D eigenvalue weighted by atomic mass is 10.2. The monoisotopic (exact) mass is 290 g/mol. The molecule has 1 saturated carbocycles. The van der Waals surface area contributed by atoms with Gasteiger partial charge < -0.3 is 20.9 Å². The second-order valence-corrected chi connectivity index (χ2v) is 4.60. The Morgan fingerprint density at radius 3 is 2.76 bits per heavy atom. The highest BCUT2D eigenvalue weighted by Gasteiger charge is 2.32. The molecule has 0 aliphatic heterocycles. The molecule has 1 aliphatic rings. The third-order valence-electron chi connectivity index (χ3n) is 2.77. The second kappa shape index (κ2) is 6.74. The first-order valence-electron chi connectivity index (χ1n) is 6.70. The average molecular weight is 290 g/mol. The molecule has 1 aliphatic carbocycles. The number of hydrogen-bond acceptors (Lipinski definition) is 5. The molecule has 2 rings (SSSR count). The third kappa shape index (κ3) is 4.48. The van der Waals surface area contributed by atoms with Crippen molar-refractivity contribution in [3.05, 3.63) is 23.8 Å². The summed E-state index contributed by atoms with van der Waals surface area (Å²) >= 11 is 0. The predicted octanol–water partition coefficient (Wildman–Crippen LogP) is 1.01. The van der Waals surface area contributed by atoms with E-state index < -0.39 is 0 Å². The van der Waals surface area contributed by atoms with Crippen LogP contribution < -0.4 is 20.9 Å². The molecule has 0 spiro atoms. The van der Waals surface area contributed by atoms with E-state index in [1.54, 1.807) is 18.2 Å². The number of carbonyl (C=O) groups is 1. The van der Waals surface area contributed by atoms with Gasteiger partial charge in [0.05, 0.1) is 18.7 Å². The third-order valence-corrected chi connectivity index (χ3v) is 2.77. The molecular formula is C14H18N4O3. The van der Waals surface area contributed by atoms with Gasteiger partial charge in [-0.3, -0.25) is 4.79 Å². The Hall–Kier alpha value is -2.57. The molecule has 0 amide bonds. The van der Waals surface area contributed by atoms with E-state index in [-0.39, 0.29) is 17.8 Å². The quantitative estimate of drug-likeness (QED) is 0.267. The van der Waals surface area contributed by atoms with Crippen molar-refractivity contribution < 1.29 is 14.3 Å². The number of rotatable bonds is 6. The molecular weight excluding hydrogens is 272 g/mol. The van der Waals surface area contributed by atoms with Crippen molar-refractivity contribution in [2.45, 2.75) is 19.8 Å². The first-order chi connectivity index (χ1) is 10.1. The van der Waals surface area contributed by atoms with E-state index in [1.807, 2.05) is 6.92 Å². The highest BCUT2D eigenvalue weighted by Crippen LogP contribution is 2.34. The SMILES string of the molecule is CCOc1cc(C=NN=C(N)N)ccc1OC(=O)C1CC1. The van der Waals surface area contributed by atoms with Gasteiger partial charge in [0, 0.05) is 0 Å². The Kier molecular flexibility index (Phi) is 4.76. The van der Waals surface area contributed by atoms with Gasteiger partial charge in [-0.25, -0.2) is 0 Å². The molecule has 0 atom stereocenters. The van der Waals surface area contributed by atoms with E-state index in [0.29, 0.717) is 18.1 Å². The van der Waals surface area contributed by atoms with Gasteiger partial charge in [0.25, 0.3) is 0 Å². The molecule has 7 nitrogen and oxygen atoms in total. The zero-order chi connectivity index (χ0) is 15.2. The molecule has 0 radical (unpaired) electrons. The smallest absolute Gasteiger partial charge is 0.314 e. The number of guanidine groups is 1. The number of nitrogens with two attached hydrogens (primary N) is 2. The summed E-state index contributed by atoms with van der Waals surface area (Å²) in [6.45, 7) is 2.31. The molecule has 0 saturated heterocycles.